The van der Waals surface area contributed by atoms with Crippen LogP contribution in [0, 0.1) is 0 Å². The molecular weight excluding hydrogens is 1070 g/mol. The van der Waals surface area contributed by atoms with Crippen LogP contribution in [0.2, 0.25) is 0 Å². The topological polar surface area (TPSA) is 95.9 Å². The number of carbonyl (C=O) groups excluding carboxylic acids is 2. The predicted octanol–water partition coefficient (Wildman–Crippen LogP) is 26.4. The van der Waals surface area contributed by atoms with Crippen LogP contribution in [0.1, 0.15) is 457 Å². The second kappa shape index (κ2) is 76.8. The summed E-state index contributed by atoms with van der Waals surface area (Å²) in [6.45, 7) is 4.98. The molecule has 0 aliphatic rings. The highest BCUT2D eigenvalue weighted by molar-refractivity contribution is 5.76. The molecule has 0 aliphatic heterocycles. The smallest absolute Gasteiger partial charge is 0.305 e. The van der Waals surface area contributed by atoms with Gasteiger partial charge in [0.2, 0.25) is 5.91 Å². The second-order valence-corrected chi connectivity index (χ2v) is 27.8. The van der Waals surface area contributed by atoms with Crippen LogP contribution in [-0.2, 0) is 14.3 Å². The lowest BCUT2D eigenvalue weighted by Crippen LogP contribution is -2.45. The first-order chi connectivity index (χ1) is 43.0. The van der Waals surface area contributed by atoms with E-state index in [1.165, 1.54) is 372 Å². The van der Waals surface area contributed by atoms with Crippen molar-refractivity contribution < 1.29 is 24.5 Å². The van der Waals surface area contributed by atoms with E-state index in [1.54, 1.807) is 0 Å². The molecule has 0 bridgehead atoms. The summed E-state index contributed by atoms with van der Waals surface area (Å²) in [4.78, 5) is 24.6. The van der Waals surface area contributed by atoms with Crippen molar-refractivity contribution >= 4 is 11.9 Å². The largest absolute Gasteiger partial charge is 0.466 e. The van der Waals surface area contributed by atoms with E-state index in [9.17, 15) is 19.8 Å². The molecule has 0 aromatic carbocycles. The van der Waals surface area contributed by atoms with E-state index in [1.807, 2.05) is 0 Å². The van der Waals surface area contributed by atoms with Crippen LogP contribution < -0.4 is 5.32 Å². The van der Waals surface area contributed by atoms with Gasteiger partial charge in [0.1, 0.15) is 0 Å². The molecule has 0 spiro atoms. The van der Waals surface area contributed by atoms with Gasteiger partial charge in [-0.15, -0.1) is 0 Å². The Labute approximate surface area is 545 Å². The minimum absolute atomic E-state index is 0.0169. The number of rotatable bonds is 76. The first-order valence-corrected chi connectivity index (χ1v) is 40.1. The molecular formula is C81H157NO5. The zero-order valence-corrected chi connectivity index (χ0v) is 59.3. The van der Waals surface area contributed by atoms with E-state index in [0.29, 0.717) is 25.9 Å². The van der Waals surface area contributed by atoms with Gasteiger partial charge in [-0.2, -0.15) is 0 Å². The van der Waals surface area contributed by atoms with E-state index in [0.717, 1.165) is 51.4 Å². The van der Waals surface area contributed by atoms with Crippen molar-refractivity contribution in [3.63, 3.8) is 0 Å². The molecule has 0 rings (SSSR count). The Balaban J connectivity index is 3.29. The minimum atomic E-state index is -0.660. The fourth-order valence-electron chi connectivity index (χ4n) is 12.9. The van der Waals surface area contributed by atoms with Crippen molar-refractivity contribution in [2.75, 3.05) is 13.2 Å². The number of amides is 1. The minimum Gasteiger partial charge on any atom is -0.466 e. The van der Waals surface area contributed by atoms with E-state index in [2.05, 4.69) is 43.5 Å². The number of carbonyl (C=O) groups is 2. The number of nitrogens with one attached hydrogen (secondary N) is 1. The molecule has 1 amide bonds. The number of hydrogen-bond acceptors (Lipinski definition) is 5. The van der Waals surface area contributed by atoms with Gasteiger partial charge in [-0.3, -0.25) is 9.59 Å². The van der Waals surface area contributed by atoms with E-state index in [4.69, 9.17) is 4.74 Å². The van der Waals surface area contributed by atoms with Gasteiger partial charge in [-0.05, 0) is 57.8 Å². The lowest BCUT2D eigenvalue weighted by molar-refractivity contribution is -0.143. The maximum absolute atomic E-state index is 12.5. The van der Waals surface area contributed by atoms with Crippen molar-refractivity contribution in [3.8, 4) is 0 Å². The van der Waals surface area contributed by atoms with E-state index >= 15 is 0 Å². The summed E-state index contributed by atoms with van der Waals surface area (Å²) in [5, 5.41) is 23.4. The fourth-order valence-corrected chi connectivity index (χ4v) is 12.9. The third kappa shape index (κ3) is 73.3. The van der Waals surface area contributed by atoms with Crippen LogP contribution in [0.5, 0.6) is 0 Å². The van der Waals surface area contributed by atoms with Gasteiger partial charge in [-0.1, -0.05) is 411 Å². The molecule has 0 heterocycles. The SMILES string of the molecule is CCCCCC/C=C\C/C=C\CCCCCCCCCC(=O)OCCCCCCCCCCCCCCCCCCCCCCCCCCCCCCCCCCCCCCCC(=O)NC(CO)C(O)CCCCCCCCCCCCCCCCC. The zero-order valence-electron chi connectivity index (χ0n) is 59.3. The third-order valence-electron chi connectivity index (χ3n) is 19.0. The van der Waals surface area contributed by atoms with Crippen molar-refractivity contribution in [3.05, 3.63) is 24.3 Å². The van der Waals surface area contributed by atoms with Crippen LogP contribution in [0.15, 0.2) is 24.3 Å². The number of allylic oxidation sites excluding steroid dienone is 4. The first-order valence-electron chi connectivity index (χ1n) is 40.1. The molecule has 0 fully saturated rings. The summed E-state index contributed by atoms with van der Waals surface area (Å²) in [6.07, 6.45) is 98.5. The summed E-state index contributed by atoms with van der Waals surface area (Å²) < 4.78 is 5.51. The summed E-state index contributed by atoms with van der Waals surface area (Å²) in [5.74, 6) is -0.00865. The van der Waals surface area contributed by atoms with Gasteiger partial charge in [0, 0.05) is 12.8 Å². The number of hydrogen-bond donors (Lipinski definition) is 3. The molecule has 0 saturated heterocycles. The monoisotopic (exact) mass is 1220 g/mol. The standard InChI is InChI=1S/C81H157NO5/c1-3-5-7-9-11-13-15-17-19-20-43-47-51-55-59-63-67-71-75-81(86)87-76-72-68-64-60-56-52-48-44-41-39-37-35-33-31-29-27-25-23-21-22-24-26-28-30-32-34-36-38-40-42-46-50-54-58-62-66-70-74-80(85)82-78(77-83)79(84)73-69-65-61-57-53-49-45-18-16-14-12-10-8-6-4-2/h13,15,19-20,78-79,83-84H,3-12,14,16-18,21-77H2,1-2H3,(H,82,85)/b15-13-,20-19-. The zero-order chi connectivity index (χ0) is 62.8. The Hall–Kier alpha value is -1.66. The van der Waals surface area contributed by atoms with E-state index in [-0.39, 0.29) is 18.5 Å². The lowest BCUT2D eigenvalue weighted by atomic mass is 10.0. The Morgan fingerprint density at radius 2 is 0.575 bits per heavy atom. The number of unbranched alkanes of at least 4 members (excludes halogenated alkanes) is 61. The van der Waals surface area contributed by atoms with Crippen molar-refractivity contribution in [1.29, 1.82) is 0 Å². The molecule has 6 nitrogen and oxygen atoms in total. The van der Waals surface area contributed by atoms with Gasteiger partial charge in [0.05, 0.1) is 25.4 Å². The van der Waals surface area contributed by atoms with Crippen LogP contribution >= 0.6 is 0 Å². The molecule has 2 unspecified atom stereocenters. The number of ether oxygens (including phenoxy) is 1. The van der Waals surface area contributed by atoms with Gasteiger partial charge >= 0.3 is 5.97 Å². The van der Waals surface area contributed by atoms with Gasteiger partial charge in [-0.25, -0.2) is 0 Å². The second-order valence-electron chi connectivity index (χ2n) is 27.8. The molecule has 2 atom stereocenters. The molecule has 0 radical (unpaired) electrons. The highest BCUT2D eigenvalue weighted by Crippen LogP contribution is 2.20. The van der Waals surface area contributed by atoms with Crippen molar-refractivity contribution in [2.45, 2.75) is 469 Å². The highest BCUT2D eigenvalue weighted by Gasteiger charge is 2.20. The van der Waals surface area contributed by atoms with Crippen LogP contribution in [0.4, 0.5) is 0 Å². The number of esters is 1. The maximum Gasteiger partial charge on any atom is 0.305 e. The molecule has 0 saturated carbocycles. The molecule has 0 aromatic rings. The lowest BCUT2D eigenvalue weighted by Gasteiger charge is -2.22. The van der Waals surface area contributed by atoms with Crippen molar-refractivity contribution in [2.24, 2.45) is 0 Å². The molecule has 3 N–H and O–H groups in total. The van der Waals surface area contributed by atoms with Gasteiger partial charge in [0.15, 0.2) is 0 Å². The van der Waals surface area contributed by atoms with Crippen LogP contribution in [0.25, 0.3) is 0 Å². The summed E-state index contributed by atoms with van der Waals surface area (Å²) in [5.41, 5.74) is 0. The van der Waals surface area contributed by atoms with E-state index < -0.39 is 12.1 Å². The Kier molecular flexibility index (Phi) is 75.3. The average Bonchev–Trinajstić information content (AvgIpc) is 3.56. The van der Waals surface area contributed by atoms with Crippen LogP contribution in [0.3, 0.4) is 0 Å². The van der Waals surface area contributed by atoms with Gasteiger partial charge < -0.3 is 20.3 Å². The third-order valence-corrected chi connectivity index (χ3v) is 19.0. The highest BCUT2D eigenvalue weighted by atomic mass is 16.5. The van der Waals surface area contributed by atoms with Crippen molar-refractivity contribution in [1.82, 2.24) is 5.32 Å². The molecule has 87 heavy (non-hydrogen) atoms. The maximum atomic E-state index is 12.5. The van der Waals surface area contributed by atoms with Crippen LogP contribution in [-0.4, -0.2) is 47.4 Å². The molecule has 516 valence electrons. The number of aliphatic hydroxyl groups is 2. The quantitative estimate of drug-likeness (QED) is 0.0320. The Morgan fingerprint density at radius 3 is 0.885 bits per heavy atom. The molecule has 0 aliphatic carbocycles. The normalized spacial score (nSPS) is 12.6. The number of aliphatic hydroxyl groups excluding tert-OH is 2. The fraction of sp³-hybridized carbons (Fsp3) is 0.926. The molecule has 6 heteroatoms. The summed E-state index contributed by atoms with van der Waals surface area (Å²) in [6, 6.07) is -0.536. The van der Waals surface area contributed by atoms with Gasteiger partial charge in [0.25, 0.3) is 0 Å². The molecule has 0 aromatic heterocycles. The summed E-state index contributed by atoms with van der Waals surface area (Å²) >= 11 is 0. The first kappa shape index (κ1) is 85.3. The summed E-state index contributed by atoms with van der Waals surface area (Å²) in [7, 11) is 0. The Bertz CT molecular complexity index is 1360. The Morgan fingerprint density at radius 1 is 0.322 bits per heavy atom. The average molecular weight is 1230 g/mol. The predicted molar refractivity (Wildman–Crippen MR) is 384 cm³/mol.